The van der Waals surface area contributed by atoms with Crippen LogP contribution in [0, 0.1) is 11.3 Å². The van der Waals surface area contributed by atoms with Gasteiger partial charge in [-0.1, -0.05) is 26.7 Å². The van der Waals surface area contributed by atoms with Crippen LogP contribution in [-0.2, 0) is 4.79 Å². The quantitative estimate of drug-likeness (QED) is 0.709. The van der Waals surface area contributed by atoms with Gasteiger partial charge in [-0.05, 0) is 24.2 Å². The summed E-state index contributed by atoms with van der Waals surface area (Å²) in [5.74, 6) is 1.18. The van der Waals surface area contributed by atoms with Crippen molar-refractivity contribution in [1.82, 2.24) is 5.32 Å². The van der Waals surface area contributed by atoms with Crippen LogP contribution in [0.1, 0.15) is 46.0 Å². The molecule has 74 valence electrons. The third kappa shape index (κ3) is 1.72. The van der Waals surface area contributed by atoms with Gasteiger partial charge in [0.1, 0.15) is 0 Å². The number of carbonyl (C=O) groups is 1. The first-order valence-corrected chi connectivity index (χ1v) is 5.43. The molecular formula is C11H19NO. The van der Waals surface area contributed by atoms with Crippen LogP contribution in [0.3, 0.4) is 0 Å². The molecule has 1 heterocycles. The van der Waals surface area contributed by atoms with Gasteiger partial charge in [0, 0.05) is 12.5 Å². The van der Waals surface area contributed by atoms with Gasteiger partial charge >= 0.3 is 0 Å². The molecule has 0 bridgehead atoms. The molecule has 1 amide bonds. The second kappa shape index (κ2) is 3.00. The van der Waals surface area contributed by atoms with E-state index in [2.05, 4.69) is 19.2 Å². The van der Waals surface area contributed by atoms with E-state index in [-0.39, 0.29) is 11.3 Å². The first-order valence-electron chi connectivity index (χ1n) is 5.43. The number of hydrogen-bond acceptors (Lipinski definition) is 1. The van der Waals surface area contributed by atoms with Gasteiger partial charge < -0.3 is 5.32 Å². The molecule has 0 aromatic rings. The summed E-state index contributed by atoms with van der Waals surface area (Å²) in [5.41, 5.74) is 0.257. The van der Waals surface area contributed by atoms with Crippen molar-refractivity contribution in [3.8, 4) is 0 Å². The standard InChI is InChI=1S/C11H19NO/c1-3-9-11(2,6-8-4-5-8)7-10(13)12-9/h8-9H,3-7H2,1-2H3,(H,12,13). The van der Waals surface area contributed by atoms with Crippen molar-refractivity contribution in [3.63, 3.8) is 0 Å². The number of rotatable bonds is 3. The molecule has 1 aliphatic heterocycles. The number of amides is 1. The Morgan fingerprint density at radius 3 is 2.77 bits per heavy atom. The highest BCUT2D eigenvalue weighted by Gasteiger charge is 2.44. The molecule has 1 saturated carbocycles. The molecule has 2 fully saturated rings. The minimum absolute atomic E-state index is 0.257. The highest BCUT2D eigenvalue weighted by molar-refractivity contribution is 5.79. The summed E-state index contributed by atoms with van der Waals surface area (Å²) in [5, 5.41) is 3.09. The van der Waals surface area contributed by atoms with Crippen molar-refractivity contribution in [3.05, 3.63) is 0 Å². The molecule has 2 heteroatoms. The molecule has 2 unspecified atom stereocenters. The molecule has 2 atom stereocenters. The molecular weight excluding hydrogens is 162 g/mol. The summed E-state index contributed by atoms with van der Waals surface area (Å²) < 4.78 is 0. The molecule has 0 radical (unpaired) electrons. The van der Waals surface area contributed by atoms with Crippen molar-refractivity contribution in [2.45, 2.75) is 52.0 Å². The van der Waals surface area contributed by atoms with E-state index in [9.17, 15) is 4.79 Å². The SMILES string of the molecule is CCC1NC(=O)CC1(C)CC1CC1. The fourth-order valence-electron chi connectivity index (χ4n) is 2.70. The Labute approximate surface area is 80.1 Å². The Balaban J connectivity index is 2.03. The Morgan fingerprint density at radius 1 is 1.54 bits per heavy atom. The molecule has 13 heavy (non-hydrogen) atoms. The summed E-state index contributed by atoms with van der Waals surface area (Å²) >= 11 is 0. The Hall–Kier alpha value is -0.530. The molecule has 2 nitrogen and oxygen atoms in total. The Kier molecular flexibility index (Phi) is 2.09. The van der Waals surface area contributed by atoms with Crippen molar-refractivity contribution in [1.29, 1.82) is 0 Å². The van der Waals surface area contributed by atoms with Crippen LogP contribution in [0.5, 0.6) is 0 Å². The molecule has 2 aliphatic rings. The first-order chi connectivity index (χ1) is 6.14. The maximum atomic E-state index is 11.3. The van der Waals surface area contributed by atoms with Crippen LogP contribution < -0.4 is 5.32 Å². The van der Waals surface area contributed by atoms with Gasteiger partial charge in [-0.25, -0.2) is 0 Å². The average molecular weight is 181 g/mol. The number of carbonyl (C=O) groups excluding carboxylic acids is 1. The maximum Gasteiger partial charge on any atom is 0.220 e. The lowest BCUT2D eigenvalue weighted by atomic mass is 9.77. The minimum atomic E-state index is 0.257. The molecule has 0 aromatic heterocycles. The van der Waals surface area contributed by atoms with Crippen molar-refractivity contribution in [2.24, 2.45) is 11.3 Å². The Bertz CT molecular complexity index is 222. The molecule has 1 N–H and O–H groups in total. The van der Waals surface area contributed by atoms with Crippen LogP contribution >= 0.6 is 0 Å². The van der Waals surface area contributed by atoms with Crippen molar-refractivity contribution in [2.75, 3.05) is 0 Å². The Morgan fingerprint density at radius 2 is 2.23 bits per heavy atom. The van der Waals surface area contributed by atoms with Gasteiger partial charge in [0.05, 0.1) is 0 Å². The number of nitrogens with one attached hydrogen (secondary N) is 1. The molecule has 0 spiro atoms. The van der Waals surface area contributed by atoms with Gasteiger partial charge in [-0.15, -0.1) is 0 Å². The van der Waals surface area contributed by atoms with E-state index >= 15 is 0 Å². The fraction of sp³-hybridized carbons (Fsp3) is 0.909. The normalized spacial score (nSPS) is 39.2. The zero-order chi connectivity index (χ0) is 9.47. The van der Waals surface area contributed by atoms with E-state index < -0.39 is 0 Å². The molecule has 1 saturated heterocycles. The van der Waals surface area contributed by atoms with E-state index in [4.69, 9.17) is 0 Å². The van der Waals surface area contributed by atoms with Gasteiger partial charge in [-0.2, -0.15) is 0 Å². The lowest BCUT2D eigenvalue weighted by Crippen LogP contribution is -2.34. The first kappa shape index (κ1) is 9.04. The van der Waals surface area contributed by atoms with Crippen LogP contribution in [0.2, 0.25) is 0 Å². The van der Waals surface area contributed by atoms with E-state index in [0.717, 1.165) is 18.8 Å². The number of hydrogen-bond donors (Lipinski definition) is 1. The van der Waals surface area contributed by atoms with Gasteiger partial charge in [-0.3, -0.25) is 4.79 Å². The van der Waals surface area contributed by atoms with Crippen molar-refractivity contribution < 1.29 is 4.79 Å². The zero-order valence-electron chi connectivity index (χ0n) is 8.60. The topological polar surface area (TPSA) is 29.1 Å². The maximum absolute atomic E-state index is 11.3. The van der Waals surface area contributed by atoms with Gasteiger partial charge in [0.15, 0.2) is 0 Å². The third-order valence-corrected chi connectivity index (χ3v) is 3.60. The van der Waals surface area contributed by atoms with Gasteiger partial charge in [0.2, 0.25) is 5.91 Å². The zero-order valence-corrected chi connectivity index (χ0v) is 8.60. The van der Waals surface area contributed by atoms with Crippen LogP contribution in [0.25, 0.3) is 0 Å². The van der Waals surface area contributed by atoms with Crippen LogP contribution in [-0.4, -0.2) is 11.9 Å². The highest BCUT2D eigenvalue weighted by atomic mass is 16.2. The summed E-state index contributed by atoms with van der Waals surface area (Å²) in [4.78, 5) is 11.3. The summed E-state index contributed by atoms with van der Waals surface area (Å²) in [7, 11) is 0. The average Bonchev–Trinajstić information content (AvgIpc) is 2.78. The molecule has 0 aromatic carbocycles. The summed E-state index contributed by atoms with van der Waals surface area (Å²) in [6.07, 6.45) is 5.86. The van der Waals surface area contributed by atoms with Crippen LogP contribution in [0.4, 0.5) is 0 Å². The van der Waals surface area contributed by atoms with E-state index in [1.165, 1.54) is 19.3 Å². The summed E-state index contributed by atoms with van der Waals surface area (Å²) in [6.45, 7) is 4.44. The lowest BCUT2D eigenvalue weighted by molar-refractivity contribution is -0.119. The van der Waals surface area contributed by atoms with E-state index in [1.54, 1.807) is 0 Å². The highest BCUT2D eigenvalue weighted by Crippen LogP contribution is 2.46. The van der Waals surface area contributed by atoms with E-state index in [0.29, 0.717) is 6.04 Å². The predicted molar refractivity (Wildman–Crippen MR) is 52.3 cm³/mol. The largest absolute Gasteiger partial charge is 0.353 e. The molecule has 1 aliphatic carbocycles. The second-order valence-electron chi connectivity index (χ2n) is 5.01. The monoisotopic (exact) mass is 181 g/mol. The summed E-state index contributed by atoms with van der Waals surface area (Å²) in [6, 6.07) is 0.431. The minimum Gasteiger partial charge on any atom is -0.353 e. The van der Waals surface area contributed by atoms with Crippen LogP contribution in [0.15, 0.2) is 0 Å². The molecule has 2 rings (SSSR count). The third-order valence-electron chi connectivity index (χ3n) is 3.60. The lowest BCUT2D eigenvalue weighted by Gasteiger charge is -2.29. The van der Waals surface area contributed by atoms with Gasteiger partial charge in [0.25, 0.3) is 0 Å². The second-order valence-corrected chi connectivity index (χ2v) is 5.01. The van der Waals surface area contributed by atoms with Crippen molar-refractivity contribution >= 4 is 5.91 Å². The fourth-order valence-corrected chi connectivity index (χ4v) is 2.70. The predicted octanol–water partition coefficient (Wildman–Crippen LogP) is 2.09. The smallest absolute Gasteiger partial charge is 0.220 e. The van der Waals surface area contributed by atoms with E-state index in [1.807, 2.05) is 0 Å².